The number of unbranched alkanes of at least 4 members (excludes halogenated alkanes) is 1. The number of methoxy groups -OCH3 is 2. The van der Waals surface area contributed by atoms with Gasteiger partial charge in [0, 0.05) is 11.6 Å². The Morgan fingerprint density at radius 3 is 2.38 bits per heavy atom. The van der Waals surface area contributed by atoms with E-state index in [1.165, 1.54) is 13.2 Å². The van der Waals surface area contributed by atoms with Gasteiger partial charge in [0.15, 0.2) is 17.3 Å². The van der Waals surface area contributed by atoms with Gasteiger partial charge < -0.3 is 9.47 Å². The molecule has 0 atom stereocenters. The van der Waals surface area contributed by atoms with Gasteiger partial charge in [-0.2, -0.15) is 0 Å². The van der Waals surface area contributed by atoms with Crippen molar-refractivity contribution in [3.8, 4) is 11.5 Å². The summed E-state index contributed by atoms with van der Waals surface area (Å²) in [5.74, 6) is 0.412. The standard InChI is InChI=1S/C16H17BrO4/c1-4-5-6-9-7-10-12(18)8-11(17)14(19)13(10)16(21-3)15(9)20-2/h7-8H,4-6H2,1-3H3. The van der Waals surface area contributed by atoms with Crippen LogP contribution in [0.2, 0.25) is 0 Å². The van der Waals surface area contributed by atoms with Gasteiger partial charge in [0.25, 0.3) is 0 Å². The summed E-state index contributed by atoms with van der Waals surface area (Å²) in [6.07, 6.45) is 4.08. The minimum Gasteiger partial charge on any atom is -0.493 e. The van der Waals surface area contributed by atoms with Crippen LogP contribution in [0.3, 0.4) is 0 Å². The normalized spacial score (nSPS) is 13.8. The van der Waals surface area contributed by atoms with E-state index in [0.29, 0.717) is 17.1 Å². The van der Waals surface area contributed by atoms with Gasteiger partial charge in [0.1, 0.15) is 0 Å². The second kappa shape index (κ2) is 6.43. The molecule has 0 aliphatic heterocycles. The number of benzene rings is 1. The number of ether oxygens (including phenoxy) is 2. The van der Waals surface area contributed by atoms with Crippen LogP contribution in [0.4, 0.5) is 0 Å². The predicted octanol–water partition coefficient (Wildman–Crippen LogP) is 3.70. The number of carbonyl (C=O) groups excluding carboxylic acids is 2. The van der Waals surface area contributed by atoms with Gasteiger partial charge in [0.2, 0.25) is 5.78 Å². The summed E-state index contributed by atoms with van der Waals surface area (Å²) in [7, 11) is 3.02. The minimum absolute atomic E-state index is 0.199. The van der Waals surface area contributed by atoms with Crippen molar-refractivity contribution >= 4 is 27.5 Å². The van der Waals surface area contributed by atoms with E-state index >= 15 is 0 Å². The second-order valence-corrected chi connectivity index (χ2v) is 5.67. The van der Waals surface area contributed by atoms with Crippen molar-refractivity contribution < 1.29 is 19.1 Å². The van der Waals surface area contributed by atoms with Gasteiger partial charge in [0.05, 0.1) is 24.3 Å². The summed E-state index contributed by atoms with van der Waals surface area (Å²) in [6, 6.07) is 1.75. The molecule has 0 amide bonds. The number of hydrogen-bond acceptors (Lipinski definition) is 4. The molecule has 0 unspecified atom stereocenters. The average Bonchev–Trinajstić information content (AvgIpc) is 2.48. The van der Waals surface area contributed by atoms with Gasteiger partial charge in [-0.15, -0.1) is 0 Å². The second-order valence-electron chi connectivity index (χ2n) is 4.81. The molecule has 0 radical (unpaired) electrons. The third-order valence-corrected chi connectivity index (χ3v) is 4.08. The van der Waals surface area contributed by atoms with Crippen molar-refractivity contribution in [3.05, 3.63) is 33.3 Å². The van der Waals surface area contributed by atoms with Crippen molar-refractivity contribution in [1.29, 1.82) is 0 Å². The molecule has 0 bridgehead atoms. The number of halogens is 1. The molecule has 1 aliphatic carbocycles. The molecule has 0 fully saturated rings. The molecule has 4 nitrogen and oxygen atoms in total. The van der Waals surface area contributed by atoms with Crippen molar-refractivity contribution in [1.82, 2.24) is 0 Å². The number of Topliss-reactive ketones (excluding diaryl/α,β-unsaturated/α-hetero) is 1. The zero-order valence-electron chi connectivity index (χ0n) is 12.3. The molecule has 1 aromatic rings. The van der Waals surface area contributed by atoms with Gasteiger partial charge in [-0.1, -0.05) is 13.3 Å². The van der Waals surface area contributed by atoms with E-state index in [4.69, 9.17) is 9.47 Å². The fraction of sp³-hybridized carbons (Fsp3) is 0.375. The van der Waals surface area contributed by atoms with Gasteiger partial charge >= 0.3 is 0 Å². The first-order chi connectivity index (χ1) is 10.0. The number of aryl methyl sites for hydroxylation is 1. The largest absolute Gasteiger partial charge is 0.493 e. The highest BCUT2D eigenvalue weighted by molar-refractivity contribution is 9.12. The summed E-state index contributed by atoms with van der Waals surface area (Å²) in [4.78, 5) is 24.5. The zero-order chi connectivity index (χ0) is 15.6. The molecule has 2 rings (SSSR count). The van der Waals surface area contributed by atoms with Crippen LogP contribution >= 0.6 is 15.9 Å². The Hall–Kier alpha value is -1.62. The lowest BCUT2D eigenvalue weighted by molar-refractivity contribution is 0.0988. The first kappa shape index (κ1) is 15.8. The Balaban J connectivity index is 2.70. The minimum atomic E-state index is -0.262. The summed E-state index contributed by atoms with van der Waals surface area (Å²) in [5.41, 5.74) is 1.54. The maximum atomic E-state index is 12.3. The van der Waals surface area contributed by atoms with Crippen molar-refractivity contribution in [2.45, 2.75) is 26.2 Å². The Morgan fingerprint density at radius 1 is 1.14 bits per heavy atom. The topological polar surface area (TPSA) is 52.6 Å². The maximum absolute atomic E-state index is 12.3. The van der Waals surface area contributed by atoms with Crippen LogP contribution in [-0.2, 0) is 6.42 Å². The molecule has 5 heteroatoms. The zero-order valence-corrected chi connectivity index (χ0v) is 13.9. The van der Waals surface area contributed by atoms with Gasteiger partial charge in [-0.3, -0.25) is 9.59 Å². The highest BCUT2D eigenvalue weighted by Gasteiger charge is 2.31. The lowest BCUT2D eigenvalue weighted by Crippen LogP contribution is -2.17. The fourth-order valence-corrected chi connectivity index (χ4v) is 2.87. The Bertz CT molecular complexity index is 632. The third kappa shape index (κ3) is 2.75. The Morgan fingerprint density at radius 2 is 1.81 bits per heavy atom. The molecular weight excluding hydrogens is 336 g/mol. The lowest BCUT2D eigenvalue weighted by Gasteiger charge is -2.20. The number of ketones is 2. The van der Waals surface area contributed by atoms with Gasteiger partial charge in [-0.25, -0.2) is 0 Å². The highest BCUT2D eigenvalue weighted by atomic mass is 79.9. The molecule has 0 saturated carbocycles. The SMILES string of the molecule is CCCCc1cc2c(c(OC)c1OC)C(=O)C(Br)=CC2=O. The van der Waals surface area contributed by atoms with Crippen LogP contribution in [-0.4, -0.2) is 25.8 Å². The summed E-state index contributed by atoms with van der Waals surface area (Å²) in [6.45, 7) is 2.09. The van der Waals surface area contributed by atoms with E-state index < -0.39 is 0 Å². The van der Waals surface area contributed by atoms with Gasteiger partial charge in [-0.05, 0) is 40.4 Å². The highest BCUT2D eigenvalue weighted by Crippen LogP contribution is 2.41. The monoisotopic (exact) mass is 352 g/mol. The van der Waals surface area contributed by atoms with Crippen LogP contribution in [0.25, 0.3) is 0 Å². The quantitative estimate of drug-likeness (QED) is 0.810. The Labute approximate surface area is 132 Å². The lowest BCUT2D eigenvalue weighted by atomic mass is 9.90. The van der Waals surface area contributed by atoms with E-state index in [9.17, 15) is 9.59 Å². The number of allylic oxidation sites excluding steroid dienone is 2. The maximum Gasteiger partial charge on any atom is 0.204 e. The number of rotatable bonds is 5. The average molecular weight is 353 g/mol. The molecule has 112 valence electrons. The summed E-state index contributed by atoms with van der Waals surface area (Å²) < 4.78 is 11.0. The van der Waals surface area contributed by atoms with E-state index in [-0.39, 0.29) is 21.6 Å². The molecule has 0 N–H and O–H groups in total. The third-order valence-electron chi connectivity index (χ3n) is 3.49. The van der Waals surface area contributed by atoms with Crippen LogP contribution < -0.4 is 9.47 Å². The van der Waals surface area contributed by atoms with Crippen LogP contribution in [0.1, 0.15) is 46.0 Å². The van der Waals surface area contributed by atoms with E-state index in [1.807, 2.05) is 0 Å². The molecular formula is C16H17BrO4. The number of hydrogen-bond donors (Lipinski definition) is 0. The Kier molecular flexibility index (Phi) is 4.83. The summed E-state index contributed by atoms with van der Waals surface area (Å²) in [5, 5.41) is 0. The predicted molar refractivity (Wildman–Crippen MR) is 83.8 cm³/mol. The van der Waals surface area contributed by atoms with Crippen LogP contribution in [0.15, 0.2) is 16.6 Å². The molecule has 21 heavy (non-hydrogen) atoms. The first-order valence-corrected chi connectivity index (χ1v) is 7.58. The first-order valence-electron chi connectivity index (χ1n) is 6.79. The molecule has 0 aromatic heterocycles. The number of fused-ring (bicyclic) bond motifs is 1. The molecule has 0 spiro atoms. The van der Waals surface area contributed by atoms with Crippen molar-refractivity contribution in [3.63, 3.8) is 0 Å². The number of carbonyl (C=O) groups is 2. The van der Waals surface area contributed by atoms with Crippen LogP contribution in [0, 0.1) is 0 Å². The molecule has 1 aromatic carbocycles. The van der Waals surface area contributed by atoms with E-state index in [1.54, 1.807) is 13.2 Å². The molecule has 0 heterocycles. The molecule has 0 saturated heterocycles. The summed E-state index contributed by atoms with van der Waals surface area (Å²) >= 11 is 3.13. The fourth-order valence-electron chi connectivity index (χ4n) is 2.46. The van der Waals surface area contributed by atoms with E-state index in [2.05, 4.69) is 22.9 Å². The van der Waals surface area contributed by atoms with Crippen molar-refractivity contribution in [2.24, 2.45) is 0 Å². The van der Waals surface area contributed by atoms with Crippen LogP contribution in [0.5, 0.6) is 11.5 Å². The van der Waals surface area contributed by atoms with Crippen molar-refractivity contribution in [2.75, 3.05) is 14.2 Å². The smallest absolute Gasteiger partial charge is 0.204 e. The van der Waals surface area contributed by atoms with E-state index in [0.717, 1.165) is 24.8 Å². The molecule has 1 aliphatic rings.